The van der Waals surface area contributed by atoms with Crippen molar-refractivity contribution in [2.45, 2.75) is 39.5 Å². The maximum absolute atomic E-state index is 4.81. The van der Waals surface area contributed by atoms with Gasteiger partial charge in [-0.2, -0.15) is 0 Å². The standard InChI is InChI=1S/C50H44N2/c1-35-16-6-12-22-46(35)51(47-23-13-7-17-36(47)2)43-30-26-41(27-31-43)50(39(5)34-40-20-10-11-21-45(40)50)42-28-32-44(33-29-42)52(48-24-14-8-18-37(48)3)49-25-15-9-19-38(49)4/h6-33H,5,34H2,1-4H3. The Morgan fingerprint density at radius 1 is 0.404 bits per heavy atom. The van der Waals surface area contributed by atoms with Gasteiger partial charge >= 0.3 is 0 Å². The molecule has 0 aromatic heterocycles. The van der Waals surface area contributed by atoms with Crippen molar-refractivity contribution in [3.05, 3.63) is 227 Å². The summed E-state index contributed by atoms with van der Waals surface area (Å²) in [6.07, 6.45) is 0.844. The Hall–Kier alpha value is -6.12. The van der Waals surface area contributed by atoms with E-state index >= 15 is 0 Å². The molecule has 0 amide bonds. The summed E-state index contributed by atoms with van der Waals surface area (Å²) in [6, 6.07) is 61.9. The molecule has 2 nitrogen and oxygen atoms in total. The Bertz CT molecular complexity index is 2170. The highest BCUT2D eigenvalue weighted by Gasteiger charge is 2.44. The number of aryl methyl sites for hydroxylation is 4. The minimum absolute atomic E-state index is 0.486. The molecule has 0 saturated carbocycles. The van der Waals surface area contributed by atoms with E-state index in [0.717, 1.165) is 17.8 Å². The van der Waals surface area contributed by atoms with Crippen LogP contribution in [-0.2, 0) is 11.8 Å². The molecule has 52 heavy (non-hydrogen) atoms. The summed E-state index contributed by atoms with van der Waals surface area (Å²) in [5.41, 5.74) is 17.7. The van der Waals surface area contributed by atoms with Gasteiger partial charge in [-0.05, 0) is 127 Å². The molecule has 254 valence electrons. The molecule has 7 aromatic carbocycles. The molecule has 0 fully saturated rings. The van der Waals surface area contributed by atoms with Gasteiger partial charge in [0.2, 0.25) is 0 Å². The molecule has 2 heteroatoms. The summed E-state index contributed by atoms with van der Waals surface area (Å²) in [5.74, 6) is 0. The third kappa shape index (κ3) is 5.52. The lowest BCUT2D eigenvalue weighted by molar-refractivity contribution is 0.752. The summed E-state index contributed by atoms with van der Waals surface area (Å²) >= 11 is 0. The molecule has 0 N–H and O–H groups in total. The number of benzene rings is 7. The first-order valence-corrected chi connectivity index (χ1v) is 18.2. The van der Waals surface area contributed by atoms with Crippen molar-refractivity contribution in [2.75, 3.05) is 9.80 Å². The van der Waals surface area contributed by atoms with Crippen molar-refractivity contribution in [1.82, 2.24) is 0 Å². The molecule has 0 aliphatic heterocycles. The predicted octanol–water partition coefficient (Wildman–Crippen LogP) is 13.3. The predicted molar refractivity (Wildman–Crippen MR) is 220 cm³/mol. The van der Waals surface area contributed by atoms with Gasteiger partial charge in [0, 0.05) is 34.1 Å². The van der Waals surface area contributed by atoms with E-state index in [-0.39, 0.29) is 0 Å². The molecular weight excluding hydrogens is 629 g/mol. The highest BCUT2D eigenvalue weighted by molar-refractivity contribution is 5.82. The van der Waals surface area contributed by atoms with Crippen LogP contribution in [-0.4, -0.2) is 0 Å². The first-order valence-electron chi connectivity index (χ1n) is 18.2. The zero-order valence-corrected chi connectivity index (χ0v) is 30.5. The molecule has 7 aromatic rings. The molecular formula is C50H44N2. The first-order chi connectivity index (χ1) is 25.4. The first kappa shape index (κ1) is 33.0. The smallest absolute Gasteiger partial charge is 0.0664 e. The minimum Gasteiger partial charge on any atom is -0.310 e. The molecule has 0 unspecified atom stereocenters. The molecule has 1 aliphatic rings. The monoisotopic (exact) mass is 672 g/mol. The number of fused-ring (bicyclic) bond motifs is 1. The average Bonchev–Trinajstić information content (AvgIpc) is 3.47. The lowest BCUT2D eigenvalue weighted by Crippen LogP contribution is -2.28. The summed E-state index contributed by atoms with van der Waals surface area (Å²) in [5, 5.41) is 0. The van der Waals surface area contributed by atoms with Crippen LogP contribution in [0.25, 0.3) is 0 Å². The number of rotatable bonds is 8. The zero-order valence-electron chi connectivity index (χ0n) is 30.5. The Kier molecular flexibility index (Phi) is 8.61. The topological polar surface area (TPSA) is 6.48 Å². The van der Waals surface area contributed by atoms with Crippen LogP contribution in [0.5, 0.6) is 0 Å². The quantitative estimate of drug-likeness (QED) is 0.148. The van der Waals surface area contributed by atoms with E-state index < -0.39 is 5.41 Å². The average molecular weight is 673 g/mol. The van der Waals surface area contributed by atoms with Crippen LogP contribution in [0.2, 0.25) is 0 Å². The van der Waals surface area contributed by atoms with Gasteiger partial charge in [-0.25, -0.2) is 0 Å². The van der Waals surface area contributed by atoms with Crippen LogP contribution in [0, 0.1) is 27.7 Å². The van der Waals surface area contributed by atoms with Crippen molar-refractivity contribution >= 4 is 34.1 Å². The SMILES string of the molecule is C=C1Cc2ccccc2C1(c1ccc(N(c2ccccc2C)c2ccccc2C)cc1)c1ccc(N(c2ccccc2C)c2ccccc2C)cc1. The second kappa shape index (κ2) is 13.5. The Labute approximate surface area is 309 Å². The molecule has 0 saturated heterocycles. The Morgan fingerprint density at radius 2 is 0.731 bits per heavy atom. The summed E-state index contributed by atoms with van der Waals surface area (Å²) in [7, 11) is 0. The fourth-order valence-corrected chi connectivity index (χ4v) is 8.27. The summed E-state index contributed by atoms with van der Waals surface area (Å²) in [4.78, 5) is 4.78. The van der Waals surface area contributed by atoms with Crippen molar-refractivity contribution in [2.24, 2.45) is 0 Å². The van der Waals surface area contributed by atoms with Crippen molar-refractivity contribution in [3.63, 3.8) is 0 Å². The lowest BCUT2D eigenvalue weighted by atomic mass is 9.68. The molecule has 8 rings (SSSR count). The number of hydrogen-bond acceptors (Lipinski definition) is 2. The van der Waals surface area contributed by atoms with Gasteiger partial charge in [0.05, 0.1) is 5.41 Å². The van der Waals surface area contributed by atoms with E-state index in [1.54, 1.807) is 0 Å². The summed E-state index contributed by atoms with van der Waals surface area (Å²) in [6.45, 7) is 13.6. The van der Waals surface area contributed by atoms with Crippen LogP contribution < -0.4 is 9.80 Å². The molecule has 0 atom stereocenters. The number of allylic oxidation sites excluding steroid dienone is 1. The second-order valence-electron chi connectivity index (χ2n) is 14.1. The van der Waals surface area contributed by atoms with Gasteiger partial charge < -0.3 is 9.80 Å². The summed E-state index contributed by atoms with van der Waals surface area (Å²) < 4.78 is 0. The molecule has 0 spiro atoms. The van der Waals surface area contributed by atoms with E-state index in [2.05, 4.69) is 207 Å². The minimum atomic E-state index is -0.486. The van der Waals surface area contributed by atoms with Crippen molar-refractivity contribution < 1.29 is 0 Å². The van der Waals surface area contributed by atoms with Gasteiger partial charge in [-0.1, -0.05) is 133 Å². The Morgan fingerprint density at radius 3 is 1.10 bits per heavy atom. The highest BCUT2D eigenvalue weighted by Crippen LogP contribution is 2.53. The lowest BCUT2D eigenvalue weighted by Gasteiger charge is -2.35. The van der Waals surface area contributed by atoms with Crippen molar-refractivity contribution in [1.29, 1.82) is 0 Å². The van der Waals surface area contributed by atoms with Crippen LogP contribution in [0.3, 0.4) is 0 Å². The van der Waals surface area contributed by atoms with E-state index in [9.17, 15) is 0 Å². The number of para-hydroxylation sites is 4. The van der Waals surface area contributed by atoms with Crippen LogP contribution in [0.1, 0.15) is 44.5 Å². The van der Waals surface area contributed by atoms with Gasteiger partial charge in [-0.15, -0.1) is 0 Å². The molecule has 0 bridgehead atoms. The largest absolute Gasteiger partial charge is 0.310 e. The Balaban J connectivity index is 1.27. The van der Waals surface area contributed by atoms with E-state index in [0.29, 0.717) is 0 Å². The van der Waals surface area contributed by atoms with E-state index in [1.807, 2.05) is 0 Å². The number of nitrogens with zero attached hydrogens (tertiary/aromatic N) is 2. The molecule has 1 aliphatic carbocycles. The maximum atomic E-state index is 4.81. The third-order valence-electron chi connectivity index (χ3n) is 10.9. The van der Waals surface area contributed by atoms with Gasteiger partial charge in [-0.3, -0.25) is 0 Å². The van der Waals surface area contributed by atoms with Crippen LogP contribution >= 0.6 is 0 Å². The van der Waals surface area contributed by atoms with E-state index in [1.165, 1.54) is 72.8 Å². The number of anilines is 6. The van der Waals surface area contributed by atoms with Gasteiger partial charge in [0.25, 0.3) is 0 Å². The maximum Gasteiger partial charge on any atom is 0.0664 e. The van der Waals surface area contributed by atoms with Gasteiger partial charge in [0.1, 0.15) is 0 Å². The second-order valence-corrected chi connectivity index (χ2v) is 14.1. The zero-order chi connectivity index (χ0) is 35.8. The fraction of sp³-hybridized carbons (Fsp3) is 0.120. The van der Waals surface area contributed by atoms with Crippen molar-refractivity contribution in [3.8, 4) is 0 Å². The third-order valence-corrected chi connectivity index (χ3v) is 10.9. The fourth-order valence-electron chi connectivity index (χ4n) is 8.27. The van der Waals surface area contributed by atoms with Crippen LogP contribution in [0.15, 0.2) is 182 Å². The molecule has 0 radical (unpaired) electrons. The molecule has 0 heterocycles. The highest BCUT2D eigenvalue weighted by atomic mass is 15.2. The van der Waals surface area contributed by atoms with Gasteiger partial charge in [0.15, 0.2) is 0 Å². The normalized spacial score (nSPS) is 13.1. The van der Waals surface area contributed by atoms with E-state index in [4.69, 9.17) is 6.58 Å². The van der Waals surface area contributed by atoms with Crippen LogP contribution in [0.4, 0.5) is 34.1 Å². The number of hydrogen-bond donors (Lipinski definition) is 0.